The topological polar surface area (TPSA) is 58.4 Å². The van der Waals surface area contributed by atoms with Gasteiger partial charge in [-0.05, 0) is 32.9 Å². The van der Waals surface area contributed by atoms with E-state index in [2.05, 4.69) is 24.1 Å². The summed E-state index contributed by atoms with van der Waals surface area (Å²) in [4.78, 5) is 13.1. The van der Waals surface area contributed by atoms with E-state index in [9.17, 15) is 4.79 Å². The van der Waals surface area contributed by atoms with E-state index in [0.29, 0.717) is 18.5 Å². The quantitative estimate of drug-likeness (QED) is 0.691. The maximum absolute atomic E-state index is 10.6. The van der Waals surface area contributed by atoms with Crippen molar-refractivity contribution < 1.29 is 4.79 Å². The van der Waals surface area contributed by atoms with Crippen LogP contribution >= 0.6 is 0 Å². The van der Waals surface area contributed by atoms with E-state index >= 15 is 0 Å². The van der Waals surface area contributed by atoms with Crippen molar-refractivity contribution >= 4 is 5.91 Å². The molecule has 2 atom stereocenters. The first kappa shape index (κ1) is 12.5. The first-order valence-electron chi connectivity index (χ1n) is 5.89. The molecular weight excluding hydrogens is 190 g/mol. The number of amides is 1. The predicted molar refractivity (Wildman–Crippen MR) is 61.5 cm³/mol. The van der Waals surface area contributed by atoms with Gasteiger partial charge < -0.3 is 16.0 Å². The molecule has 0 aliphatic carbocycles. The van der Waals surface area contributed by atoms with Gasteiger partial charge in [0.2, 0.25) is 5.91 Å². The average molecular weight is 213 g/mol. The molecule has 2 unspecified atom stereocenters. The van der Waals surface area contributed by atoms with Gasteiger partial charge in [0, 0.05) is 25.0 Å². The molecule has 4 heteroatoms. The number of nitrogens with zero attached hydrogens (tertiary/aromatic N) is 1. The molecule has 3 N–H and O–H groups in total. The Bertz CT molecular complexity index is 208. The molecule has 0 aromatic carbocycles. The van der Waals surface area contributed by atoms with Crippen molar-refractivity contribution in [2.75, 3.05) is 19.6 Å². The third kappa shape index (κ3) is 4.18. The van der Waals surface area contributed by atoms with Crippen molar-refractivity contribution in [3.05, 3.63) is 0 Å². The number of hydrogen-bond donors (Lipinski definition) is 2. The van der Waals surface area contributed by atoms with Gasteiger partial charge >= 0.3 is 0 Å². The van der Waals surface area contributed by atoms with E-state index in [4.69, 9.17) is 5.73 Å². The van der Waals surface area contributed by atoms with Crippen LogP contribution in [-0.4, -0.2) is 42.5 Å². The number of nitrogens with one attached hydrogen (secondary N) is 1. The molecule has 1 rings (SSSR count). The van der Waals surface area contributed by atoms with Gasteiger partial charge in [-0.15, -0.1) is 0 Å². The monoisotopic (exact) mass is 213 g/mol. The smallest absolute Gasteiger partial charge is 0.218 e. The molecule has 4 nitrogen and oxygen atoms in total. The standard InChI is InChI=1S/C11H23N3O/c1-3-14-7-5-10(8-9(14)2)13-6-4-11(12)15/h9-10,13H,3-8H2,1-2H3,(H2,12,15). The zero-order valence-electron chi connectivity index (χ0n) is 9.83. The highest BCUT2D eigenvalue weighted by molar-refractivity contribution is 5.73. The molecule has 1 heterocycles. The lowest BCUT2D eigenvalue weighted by Crippen LogP contribution is -2.47. The summed E-state index contributed by atoms with van der Waals surface area (Å²) in [5.74, 6) is -0.221. The molecule has 1 aliphatic heterocycles. The average Bonchev–Trinajstić information content (AvgIpc) is 2.17. The van der Waals surface area contributed by atoms with Crippen molar-refractivity contribution in [2.24, 2.45) is 5.73 Å². The Morgan fingerprint density at radius 2 is 2.33 bits per heavy atom. The van der Waals surface area contributed by atoms with Crippen molar-refractivity contribution in [3.8, 4) is 0 Å². The Morgan fingerprint density at radius 3 is 2.87 bits per heavy atom. The molecule has 1 aliphatic rings. The normalized spacial score (nSPS) is 27.9. The summed E-state index contributed by atoms with van der Waals surface area (Å²) in [7, 11) is 0. The third-order valence-corrected chi connectivity index (χ3v) is 3.22. The number of piperidine rings is 1. The number of rotatable bonds is 5. The van der Waals surface area contributed by atoms with Gasteiger partial charge in [-0.3, -0.25) is 4.79 Å². The fourth-order valence-electron chi connectivity index (χ4n) is 2.28. The Balaban J connectivity index is 2.20. The van der Waals surface area contributed by atoms with E-state index in [1.54, 1.807) is 0 Å². The van der Waals surface area contributed by atoms with Gasteiger partial charge in [0.1, 0.15) is 0 Å². The van der Waals surface area contributed by atoms with Gasteiger partial charge in [-0.2, -0.15) is 0 Å². The summed E-state index contributed by atoms with van der Waals surface area (Å²) >= 11 is 0. The number of hydrogen-bond acceptors (Lipinski definition) is 3. The molecule has 0 aromatic heterocycles. The highest BCUT2D eigenvalue weighted by Crippen LogP contribution is 2.16. The second kappa shape index (κ2) is 6.08. The summed E-state index contributed by atoms with van der Waals surface area (Å²) < 4.78 is 0. The zero-order chi connectivity index (χ0) is 11.3. The van der Waals surface area contributed by atoms with Crippen LogP contribution in [0.3, 0.4) is 0 Å². The number of likely N-dealkylation sites (tertiary alicyclic amines) is 1. The van der Waals surface area contributed by atoms with Crippen molar-refractivity contribution in [3.63, 3.8) is 0 Å². The maximum Gasteiger partial charge on any atom is 0.218 e. The first-order chi connectivity index (χ1) is 7.13. The highest BCUT2D eigenvalue weighted by atomic mass is 16.1. The van der Waals surface area contributed by atoms with Gasteiger partial charge in [0.15, 0.2) is 0 Å². The lowest BCUT2D eigenvalue weighted by molar-refractivity contribution is -0.117. The van der Waals surface area contributed by atoms with Crippen LogP contribution in [0.4, 0.5) is 0 Å². The van der Waals surface area contributed by atoms with Crippen molar-refractivity contribution in [1.29, 1.82) is 0 Å². The van der Waals surface area contributed by atoms with E-state index in [1.807, 2.05) is 0 Å². The fourth-order valence-corrected chi connectivity index (χ4v) is 2.28. The first-order valence-corrected chi connectivity index (χ1v) is 5.89. The van der Waals surface area contributed by atoms with E-state index in [-0.39, 0.29) is 5.91 Å². The van der Waals surface area contributed by atoms with Gasteiger partial charge in [0.25, 0.3) is 0 Å². The minimum Gasteiger partial charge on any atom is -0.370 e. The Morgan fingerprint density at radius 1 is 1.60 bits per heavy atom. The second-order valence-corrected chi connectivity index (χ2v) is 4.37. The molecule has 1 saturated heterocycles. The molecular formula is C11H23N3O. The van der Waals surface area contributed by atoms with Crippen LogP contribution in [0.25, 0.3) is 0 Å². The Hall–Kier alpha value is -0.610. The molecule has 0 saturated carbocycles. The van der Waals surface area contributed by atoms with Crippen LogP contribution in [0.1, 0.15) is 33.1 Å². The molecule has 0 bridgehead atoms. The molecule has 0 spiro atoms. The predicted octanol–water partition coefficient (Wildman–Crippen LogP) is 0.324. The highest BCUT2D eigenvalue weighted by Gasteiger charge is 2.23. The van der Waals surface area contributed by atoms with Crippen LogP contribution in [0, 0.1) is 0 Å². The third-order valence-electron chi connectivity index (χ3n) is 3.22. The van der Waals surface area contributed by atoms with E-state index in [1.165, 1.54) is 12.8 Å². The van der Waals surface area contributed by atoms with Gasteiger partial charge in [0.05, 0.1) is 0 Å². The number of primary amides is 1. The van der Waals surface area contributed by atoms with Crippen LogP contribution in [0.2, 0.25) is 0 Å². The van der Waals surface area contributed by atoms with Crippen LogP contribution in [-0.2, 0) is 4.79 Å². The summed E-state index contributed by atoms with van der Waals surface area (Å²) in [5.41, 5.74) is 5.09. The Labute approximate surface area is 92.2 Å². The lowest BCUT2D eigenvalue weighted by Gasteiger charge is -2.37. The van der Waals surface area contributed by atoms with E-state index in [0.717, 1.165) is 19.6 Å². The molecule has 88 valence electrons. The largest absolute Gasteiger partial charge is 0.370 e. The van der Waals surface area contributed by atoms with Gasteiger partial charge in [-0.25, -0.2) is 0 Å². The molecule has 15 heavy (non-hydrogen) atoms. The molecule has 1 fully saturated rings. The number of nitrogens with two attached hydrogens (primary N) is 1. The summed E-state index contributed by atoms with van der Waals surface area (Å²) in [6.45, 7) is 7.49. The SMILES string of the molecule is CCN1CCC(NCCC(N)=O)CC1C. The van der Waals surface area contributed by atoms with Crippen LogP contribution in [0.5, 0.6) is 0 Å². The van der Waals surface area contributed by atoms with Crippen LogP contribution < -0.4 is 11.1 Å². The van der Waals surface area contributed by atoms with E-state index < -0.39 is 0 Å². The van der Waals surface area contributed by atoms with Crippen LogP contribution in [0.15, 0.2) is 0 Å². The summed E-state index contributed by atoms with van der Waals surface area (Å²) in [5, 5.41) is 3.40. The molecule has 1 amide bonds. The Kier molecular flexibility index (Phi) is 5.05. The molecule has 0 radical (unpaired) electrons. The zero-order valence-corrected chi connectivity index (χ0v) is 9.83. The second-order valence-electron chi connectivity index (χ2n) is 4.37. The summed E-state index contributed by atoms with van der Waals surface area (Å²) in [6, 6.07) is 1.21. The summed E-state index contributed by atoms with van der Waals surface area (Å²) in [6.07, 6.45) is 2.80. The van der Waals surface area contributed by atoms with Crippen molar-refractivity contribution in [2.45, 2.75) is 45.2 Å². The number of carbonyl (C=O) groups is 1. The molecule has 0 aromatic rings. The van der Waals surface area contributed by atoms with Crippen molar-refractivity contribution in [1.82, 2.24) is 10.2 Å². The van der Waals surface area contributed by atoms with Gasteiger partial charge in [-0.1, -0.05) is 6.92 Å². The maximum atomic E-state index is 10.6. The fraction of sp³-hybridized carbons (Fsp3) is 0.909. The minimum atomic E-state index is -0.221. The number of carbonyl (C=O) groups excluding carboxylic acids is 1. The lowest BCUT2D eigenvalue weighted by atomic mass is 9.98. The minimum absolute atomic E-state index is 0.221.